The summed E-state index contributed by atoms with van der Waals surface area (Å²) in [5.74, 6) is 2.40. The normalized spacial score (nSPS) is 10.2. The first-order valence-electron chi connectivity index (χ1n) is 7.25. The zero-order valence-corrected chi connectivity index (χ0v) is 12.6. The number of hydrogen-bond acceptors (Lipinski definition) is 5. The van der Waals surface area contributed by atoms with Crippen LogP contribution in [0, 0.1) is 0 Å². The first-order valence-corrected chi connectivity index (χ1v) is 7.25. The van der Waals surface area contributed by atoms with Crippen molar-refractivity contribution in [1.82, 2.24) is 9.97 Å². The Morgan fingerprint density at radius 1 is 1.14 bits per heavy atom. The van der Waals surface area contributed by atoms with Gasteiger partial charge in [0.15, 0.2) is 0 Å². The number of anilines is 2. The lowest BCUT2D eigenvalue weighted by atomic mass is 10.1. The third-order valence-electron chi connectivity index (χ3n) is 3.04. The van der Waals surface area contributed by atoms with Gasteiger partial charge in [0.05, 0.1) is 7.11 Å². The van der Waals surface area contributed by atoms with E-state index in [2.05, 4.69) is 39.7 Å². The average molecular weight is 286 g/mol. The van der Waals surface area contributed by atoms with Gasteiger partial charge in [0.25, 0.3) is 0 Å². The summed E-state index contributed by atoms with van der Waals surface area (Å²) in [4.78, 5) is 8.60. The molecule has 0 aliphatic heterocycles. The van der Waals surface area contributed by atoms with Gasteiger partial charge in [0.2, 0.25) is 5.95 Å². The molecule has 0 saturated heterocycles. The minimum absolute atomic E-state index is 0.670. The summed E-state index contributed by atoms with van der Waals surface area (Å²) in [7, 11) is 1.68. The maximum atomic E-state index is 5.22. The lowest BCUT2D eigenvalue weighted by Crippen LogP contribution is -2.09. The topological polar surface area (TPSA) is 59.1 Å². The van der Waals surface area contributed by atoms with Crippen LogP contribution in [-0.2, 0) is 6.42 Å². The lowest BCUT2D eigenvalue weighted by Gasteiger charge is -2.08. The number of methoxy groups -OCH3 is 1. The third kappa shape index (κ3) is 4.95. The molecule has 1 heterocycles. The van der Waals surface area contributed by atoms with E-state index in [9.17, 15) is 0 Å². The number of rotatable bonds is 8. The van der Waals surface area contributed by atoms with Gasteiger partial charge in [-0.2, -0.15) is 4.98 Å². The van der Waals surface area contributed by atoms with Crippen LogP contribution in [0.4, 0.5) is 11.8 Å². The zero-order valence-electron chi connectivity index (χ0n) is 12.6. The second kappa shape index (κ2) is 8.09. The molecule has 0 unspecified atom stereocenters. The van der Waals surface area contributed by atoms with Crippen molar-refractivity contribution in [3.63, 3.8) is 0 Å². The Bertz CT molecular complexity index is 559. The van der Waals surface area contributed by atoms with Crippen LogP contribution in [0.25, 0.3) is 0 Å². The van der Waals surface area contributed by atoms with Gasteiger partial charge in [-0.3, -0.25) is 0 Å². The molecule has 5 heteroatoms. The third-order valence-corrected chi connectivity index (χ3v) is 3.04. The fourth-order valence-electron chi connectivity index (χ4n) is 1.94. The predicted octanol–water partition coefficient (Wildman–Crippen LogP) is 2.96. The molecule has 0 aliphatic rings. The van der Waals surface area contributed by atoms with Crippen LogP contribution in [0.5, 0.6) is 5.75 Å². The van der Waals surface area contributed by atoms with Crippen molar-refractivity contribution in [2.75, 3.05) is 30.8 Å². The van der Waals surface area contributed by atoms with E-state index in [-0.39, 0.29) is 0 Å². The molecule has 0 radical (unpaired) electrons. The average Bonchev–Trinajstić information content (AvgIpc) is 2.53. The van der Waals surface area contributed by atoms with E-state index in [0.717, 1.165) is 37.5 Å². The van der Waals surface area contributed by atoms with Gasteiger partial charge in [0, 0.05) is 19.3 Å². The van der Waals surface area contributed by atoms with Crippen molar-refractivity contribution in [1.29, 1.82) is 0 Å². The molecule has 0 atom stereocenters. The van der Waals surface area contributed by atoms with Gasteiger partial charge in [-0.15, -0.1) is 0 Å². The molecule has 0 saturated carbocycles. The second-order valence-corrected chi connectivity index (χ2v) is 4.72. The van der Waals surface area contributed by atoms with Crippen molar-refractivity contribution < 1.29 is 4.74 Å². The Balaban J connectivity index is 1.85. The van der Waals surface area contributed by atoms with Gasteiger partial charge in [-0.25, -0.2) is 4.98 Å². The Morgan fingerprint density at radius 3 is 2.86 bits per heavy atom. The maximum Gasteiger partial charge on any atom is 0.224 e. The summed E-state index contributed by atoms with van der Waals surface area (Å²) in [6.45, 7) is 3.81. The first-order chi connectivity index (χ1) is 10.3. The number of hydrogen-bond donors (Lipinski definition) is 2. The molecule has 0 spiro atoms. The summed E-state index contributed by atoms with van der Waals surface area (Å²) in [6.07, 6.45) is 3.73. The van der Waals surface area contributed by atoms with Crippen LogP contribution in [0.2, 0.25) is 0 Å². The fraction of sp³-hybridized carbons (Fsp3) is 0.375. The van der Waals surface area contributed by atoms with E-state index in [0.29, 0.717) is 5.95 Å². The van der Waals surface area contributed by atoms with Gasteiger partial charge in [0.1, 0.15) is 11.6 Å². The van der Waals surface area contributed by atoms with E-state index in [4.69, 9.17) is 4.74 Å². The van der Waals surface area contributed by atoms with Crippen LogP contribution in [0.1, 0.15) is 18.9 Å². The Kier molecular flexibility index (Phi) is 5.82. The molecule has 2 aromatic rings. The first kappa shape index (κ1) is 15.1. The van der Waals surface area contributed by atoms with Gasteiger partial charge < -0.3 is 15.4 Å². The molecule has 2 N–H and O–H groups in total. The quantitative estimate of drug-likeness (QED) is 0.781. The minimum Gasteiger partial charge on any atom is -0.497 e. The van der Waals surface area contributed by atoms with Crippen LogP contribution < -0.4 is 15.4 Å². The van der Waals surface area contributed by atoms with Crippen molar-refractivity contribution in [3.05, 3.63) is 42.1 Å². The molecular formula is C16H22N4O. The Labute approximate surface area is 125 Å². The molecule has 112 valence electrons. The highest BCUT2D eigenvalue weighted by molar-refractivity contribution is 5.39. The fourth-order valence-corrected chi connectivity index (χ4v) is 1.94. The predicted molar refractivity (Wildman–Crippen MR) is 86.0 cm³/mol. The summed E-state index contributed by atoms with van der Waals surface area (Å²) in [6, 6.07) is 9.98. The smallest absolute Gasteiger partial charge is 0.224 e. The number of nitrogens with zero attached hydrogens (tertiary/aromatic N) is 2. The highest BCUT2D eigenvalue weighted by Gasteiger charge is 1.99. The van der Waals surface area contributed by atoms with Crippen molar-refractivity contribution in [3.8, 4) is 5.75 Å². The van der Waals surface area contributed by atoms with Crippen molar-refractivity contribution in [2.24, 2.45) is 0 Å². The number of benzene rings is 1. The zero-order chi connectivity index (χ0) is 14.9. The van der Waals surface area contributed by atoms with Crippen molar-refractivity contribution in [2.45, 2.75) is 19.8 Å². The van der Waals surface area contributed by atoms with E-state index < -0.39 is 0 Å². The summed E-state index contributed by atoms with van der Waals surface area (Å²) < 4.78 is 5.22. The highest BCUT2D eigenvalue weighted by Crippen LogP contribution is 2.13. The summed E-state index contributed by atoms with van der Waals surface area (Å²) >= 11 is 0. The molecule has 0 fully saturated rings. The summed E-state index contributed by atoms with van der Waals surface area (Å²) in [5, 5.41) is 6.49. The van der Waals surface area contributed by atoms with Crippen LogP contribution in [0.3, 0.4) is 0 Å². The lowest BCUT2D eigenvalue weighted by molar-refractivity contribution is 0.414. The molecule has 1 aromatic heterocycles. The largest absolute Gasteiger partial charge is 0.497 e. The van der Waals surface area contributed by atoms with E-state index in [1.54, 1.807) is 13.3 Å². The van der Waals surface area contributed by atoms with Crippen LogP contribution >= 0.6 is 0 Å². The van der Waals surface area contributed by atoms with Gasteiger partial charge in [-0.05, 0) is 36.6 Å². The molecular weight excluding hydrogens is 264 g/mol. The molecule has 2 rings (SSSR count). The van der Waals surface area contributed by atoms with Crippen LogP contribution in [0.15, 0.2) is 36.5 Å². The molecule has 5 nitrogen and oxygen atoms in total. The standard InChI is InChI=1S/C16H22N4O/c1-3-9-18-16-19-11-8-15(20-16)17-10-7-13-5-4-6-14(12-13)21-2/h4-6,8,11-12H,3,7,9-10H2,1-2H3,(H2,17,18,19,20). The Hall–Kier alpha value is -2.30. The van der Waals surface area contributed by atoms with Crippen molar-refractivity contribution >= 4 is 11.8 Å². The highest BCUT2D eigenvalue weighted by atomic mass is 16.5. The SMILES string of the molecule is CCCNc1nccc(NCCc2cccc(OC)c2)n1. The monoisotopic (exact) mass is 286 g/mol. The van der Waals surface area contributed by atoms with E-state index in [1.807, 2.05) is 18.2 Å². The second-order valence-electron chi connectivity index (χ2n) is 4.72. The molecule has 0 amide bonds. The number of nitrogens with one attached hydrogen (secondary N) is 2. The van der Waals surface area contributed by atoms with Gasteiger partial charge >= 0.3 is 0 Å². The minimum atomic E-state index is 0.670. The summed E-state index contributed by atoms with van der Waals surface area (Å²) in [5.41, 5.74) is 1.24. The number of aromatic nitrogens is 2. The molecule has 1 aromatic carbocycles. The Morgan fingerprint density at radius 2 is 2.05 bits per heavy atom. The van der Waals surface area contributed by atoms with Crippen LogP contribution in [-0.4, -0.2) is 30.2 Å². The van der Waals surface area contributed by atoms with Gasteiger partial charge in [-0.1, -0.05) is 19.1 Å². The molecule has 0 aliphatic carbocycles. The molecule has 0 bridgehead atoms. The number of ether oxygens (including phenoxy) is 1. The maximum absolute atomic E-state index is 5.22. The van der Waals surface area contributed by atoms with E-state index in [1.165, 1.54) is 5.56 Å². The molecule has 21 heavy (non-hydrogen) atoms. The van der Waals surface area contributed by atoms with E-state index >= 15 is 0 Å².